The molecule has 1 aromatic carbocycles. The third-order valence-electron chi connectivity index (χ3n) is 2.03. The zero-order chi connectivity index (χ0) is 9.97. The van der Waals surface area contributed by atoms with Crippen molar-refractivity contribution in [2.45, 2.75) is 0 Å². The largest absolute Gasteiger partial charge is 0.336 e. The molecule has 0 saturated carbocycles. The molecule has 0 aliphatic heterocycles. The van der Waals surface area contributed by atoms with E-state index in [-0.39, 0.29) is 0 Å². The topological polar surface area (TPSA) is 3.24 Å². The average molecular weight is 224 g/mol. The van der Waals surface area contributed by atoms with E-state index >= 15 is 0 Å². The molecule has 0 atom stereocenters. The summed E-state index contributed by atoms with van der Waals surface area (Å²) >= 11 is 7.47. The van der Waals surface area contributed by atoms with Crippen LogP contribution in [0.4, 0.5) is 10.7 Å². The Morgan fingerprint density at radius 2 is 1.79 bits per heavy atom. The maximum absolute atomic E-state index is 5.88. The number of para-hydroxylation sites is 1. The normalized spacial score (nSPS) is 10.1. The molecule has 1 aromatic heterocycles. The van der Waals surface area contributed by atoms with E-state index in [1.807, 2.05) is 37.4 Å². The molecule has 3 heteroatoms. The van der Waals surface area contributed by atoms with Crippen molar-refractivity contribution >= 4 is 33.6 Å². The molecule has 0 spiro atoms. The number of rotatable bonds is 2. The van der Waals surface area contributed by atoms with Gasteiger partial charge in [-0.2, -0.15) is 0 Å². The Labute approximate surface area is 92.6 Å². The average Bonchev–Trinajstić information content (AvgIpc) is 2.65. The highest BCUT2D eigenvalue weighted by atomic mass is 35.5. The summed E-state index contributed by atoms with van der Waals surface area (Å²) in [6.45, 7) is 0. The highest BCUT2D eigenvalue weighted by molar-refractivity contribution is 7.20. The van der Waals surface area contributed by atoms with Crippen molar-refractivity contribution in [3.8, 4) is 0 Å². The Kier molecular flexibility index (Phi) is 2.75. The van der Waals surface area contributed by atoms with Crippen molar-refractivity contribution in [1.29, 1.82) is 0 Å². The molecule has 0 amide bonds. The van der Waals surface area contributed by atoms with Gasteiger partial charge in [0.05, 0.1) is 9.34 Å². The highest BCUT2D eigenvalue weighted by Crippen LogP contribution is 2.32. The van der Waals surface area contributed by atoms with Gasteiger partial charge in [-0.1, -0.05) is 29.8 Å². The van der Waals surface area contributed by atoms with Crippen LogP contribution in [-0.2, 0) is 0 Å². The number of hydrogen-bond acceptors (Lipinski definition) is 2. The number of anilines is 2. The van der Waals surface area contributed by atoms with Crippen LogP contribution in [0.3, 0.4) is 0 Å². The second-order valence-corrected chi connectivity index (χ2v) is 4.67. The molecule has 0 N–H and O–H groups in total. The van der Waals surface area contributed by atoms with Crippen molar-refractivity contribution < 1.29 is 0 Å². The van der Waals surface area contributed by atoms with Crippen molar-refractivity contribution in [2.24, 2.45) is 0 Å². The van der Waals surface area contributed by atoms with Crippen LogP contribution in [0.1, 0.15) is 0 Å². The van der Waals surface area contributed by atoms with Crippen molar-refractivity contribution in [3.05, 3.63) is 46.8 Å². The molecule has 2 rings (SSSR count). The molecule has 14 heavy (non-hydrogen) atoms. The summed E-state index contributed by atoms with van der Waals surface area (Å²) in [4.78, 5) is 2.12. The second-order valence-electron chi connectivity index (χ2n) is 2.97. The number of thiophene rings is 1. The molecule has 2 aromatic rings. The van der Waals surface area contributed by atoms with Gasteiger partial charge < -0.3 is 4.90 Å². The van der Waals surface area contributed by atoms with Gasteiger partial charge in [0.25, 0.3) is 0 Å². The first kappa shape index (κ1) is 9.56. The lowest BCUT2D eigenvalue weighted by Crippen LogP contribution is -2.06. The molecule has 0 saturated heterocycles. The number of hydrogen-bond donors (Lipinski definition) is 0. The quantitative estimate of drug-likeness (QED) is 0.739. The molecule has 1 heterocycles. The van der Waals surface area contributed by atoms with E-state index in [2.05, 4.69) is 17.0 Å². The van der Waals surface area contributed by atoms with E-state index < -0.39 is 0 Å². The molecule has 0 aliphatic rings. The fraction of sp³-hybridized carbons (Fsp3) is 0.0909. The summed E-state index contributed by atoms with van der Waals surface area (Å²) < 4.78 is 0.822. The Morgan fingerprint density at radius 3 is 2.36 bits per heavy atom. The third-order valence-corrected chi connectivity index (χ3v) is 3.34. The first-order valence-electron chi connectivity index (χ1n) is 4.31. The van der Waals surface area contributed by atoms with Crippen LogP contribution < -0.4 is 4.90 Å². The van der Waals surface area contributed by atoms with E-state index in [1.165, 1.54) is 5.69 Å². The molecule has 0 unspecified atom stereocenters. The van der Waals surface area contributed by atoms with Crippen LogP contribution >= 0.6 is 22.9 Å². The minimum atomic E-state index is 0.822. The van der Waals surface area contributed by atoms with Crippen LogP contribution in [-0.4, -0.2) is 7.05 Å². The van der Waals surface area contributed by atoms with Gasteiger partial charge in [-0.3, -0.25) is 0 Å². The fourth-order valence-electron chi connectivity index (χ4n) is 1.26. The molecule has 72 valence electrons. The first-order valence-corrected chi connectivity index (χ1v) is 5.51. The molecule has 0 radical (unpaired) electrons. The molecule has 1 nitrogen and oxygen atoms in total. The second kappa shape index (κ2) is 4.03. The summed E-state index contributed by atoms with van der Waals surface area (Å²) in [5.41, 5.74) is 1.17. The lowest BCUT2D eigenvalue weighted by atomic mass is 10.3. The van der Waals surface area contributed by atoms with E-state index in [0.29, 0.717) is 0 Å². The maximum atomic E-state index is 5.88. The van der Waals surface area contributed by atoms with Crippen LogP contribution in [0.5, 0.6) is 0 Å². The Morgan fingerprint density at radius 1 is 1.07 bits per heavy atom. The fourth-order valence-corrected chi connectivity index (χ4v) is 2.28. The van der Waals surface area contributed by atoms with Gasteiger partial charge >= 0.3 is 0 Å². The van der Waals surface area contributed by atoms with Gasteiger partial charge in [-0.05, 0) is 24.3 Å². The summed E-state index contributed by atoms with van der Waals surface area (Å²) in [5.74, 6) is 0. The maximum Gasteiger partial charge on any atom is 0.0966 e. The van der Waals surface area contributed by atoms with Crippen LogP contribution in [0.2, 0.25) is 4.34 Å². The predicted molar refractivity (Wildman–Crippen MR) is 63.8 cm³/mol. The van der Waals surface area contributed by atoms with Crippen LogP contribution in [0, 0.1) is 0 Å². The van der Waals surface area contributed by atoms with E-state index in [0.717, 1.165) is 9.34 Å². The van der Waals surface area contributed by atoms with Crippen molar-refractivity contribution in [2.75, 3.05) is 11.9 Å². The molecular weight excluding hydrogens is 214 g/mol. The van der Waals surface area contributed by atoms with Crippen LogP contribution in [0.25, 0.3) is 0 Å². The molecular formula is C11H10ClNS. The Bertz CT molecular complexity index is 410. The smallest absolute Gasteiger partial charge is 0.0966 e. The van der Waals surface area contributed by atoms with Gasteiger partial charge in [0.2, 0.25) is 0 Å². The van der Waals surface area contributed by atoms with Gasteiger partial charge in [0.1, 0.15) is 0 Å². The van der Waals surface area contributed by atoms with Gasteiger partial charge in [-0.15, -0.1) is 11.3 Å². The number of benzene rings is 1. The Balaban J connectivity index is 2.29. The van der Waals surface area contributed by atoms with Gasteiger partial charge in [0.15, 0.2) is 0 Å². The highest BCUT2D eigenvalue weighted by Gasteiger charge is 2.05. The van der Waals surface area contributed by atoms with E-state index in [1.54, 1.807) is 11.3 Å². The van der Waals surface area contributed by atoms with Crippen molar-refractivity contribution in [3.63, 3.8) is 0 Å². The van der Waals surface area contributed by atoms with Gasteiger partial charge in [-0.25, -0.2) is 0 Å². The third kappa shape index (κ3) is 1.91. The van der Waals surface area contributed by atoms with Gasteiger partial charge in [0, 0.05) is 12.7 Å². The SMILES string of the molecule is CN(c1ccccc1)c1ccc(Cl)s1. The van der Waals surface area contributed by atoms with Crippen molar-refractivity contribution in [1.82, 2.24) is 0 Å². The number of halogens is 1. The summed E-state index contributed by atoms with van der Waals surface area (Å²) in [7, 11) is 2.04. The summed E-state index contributed by atoms with van der Waals surface area (Å²) in [6, 6.07) is 14.2. The molecule has 0 bridgehead atoms. The van der Waals surface area contributed by atoms with Crippen LogP contribution in [0.15, 0.2) is 42.5 Å². The zero-order valence-corrected chi connectivity index (χ0v) is 9.35. The standard InChI is InChI=1S/C11H10ClNS/c1-13(9-5-3-2-4-6-9)11-8-7-10(12)14-11/h2-8H,1H3. The predicted octanol–water partition coefficient (Wildman–Crippen LogP) is 4.17. The molecule has 0 aliphatic carbocycles. The Hall–Kier alpha value is -0.990. The molecule has 0 fully saturated rings. The minimum absolute atomic E-state index is 0.822. The zero-order valence-electron chi connectivity index (χ0n) is 7.77. The minimum Gasteiger partial charge on any atom is -0.336 e. The monoisotopic (exact) mass is 223 g/mol. The van der Waals surface area contributed by atoms with E-state index in [4.69, 9.17) is 11.6 Å². The summed E-state index contributed by atoms with van der Waals surface area (Å²) in [6.07, 6.45) is 0. The van der Waals surface area contributed by atoms with E-state index in [9.17, 15) is 0 Å². The number of nitrogens with zero attached hydrogens (tertiary/aromatic N) is 1. The first-order chi connectivity index (χ1) is 6.77. The lowest BCUT2D eigenvalue weighted by Gasteiger charge is -2.16. The summed E-state index contributed by atoms with van der Waals surface area (Å²) in [5, 5.41) is 1.15. The lowest BCUT2D eigenvalue weighted by molar-refractivity contribution is 1.24.